The third kappa shape index (κ3) is 4.36. The van der Waals surface area contributed by atoms with Crippen LogP contribution in [-0.4, -0.2) is 10.2 Å². The number of benzene rings is 2. The molecule has 2 aromatic rings. The maximum Gasteiger partial charge on any atom is 0.418 e. The van der Waals surface area contributed by atoms with Crippen molar-refractivity contribution in [2.24, 2.45) is 0 Å². The summed E-state index contributed by atoms with van der Waals surface area (Å²) in [5.41, 5.74) is 0.878. The molecular weight excluding hydrogens is 327 g/mol. The molecule has 126 valence electrons. The van der Waals surface area contributed by atoms with Gasteiger partial charge >= 0.3 is 8.25 Å². The van der Waals surface area contributed by atoms with E-state index in [9.17, 15) is 14.8 Å². The van der Waals surface area contributed by atoms with Crippen LogP contribution in [-0.2, 0) is 4.57 Å². The fourth-order valence-corrected chi connectivity index (χ4v) is 2.86. The van der Waals surface area contributed by atoms with Gasteiger partial charge in [0, 0.05) is 11.1 Å². The molecule has 0 aliphatic carbocycles. The Kier molecular flexibility index (Phi) is 6.38. The third-order valence-corrected chi connectivity index (χ3v) is 4.08. The first-order valence-electron chi connectivity index (χ1n) is 7.25. The monoisotopic (exact) mass is 346 g/mol. The molecule has 0 bridgehead atoms. The molecule has 0 heterocycles. The number of hydrogen-bond acceptors (Lipinski definition) is 5. The molecule has 0 aliphatic rings. The minimum absolute atomic E-state index is 0.246. The predicted molar refractivity (Wildman–Crippen MR) is 93.5 cm³/mol. The summed E-state index contributed by atoms with van der Waals surface area (Å²) in [6.07, 6.45) is 0.809. The van der Waals surface area contributed by atoms with Gasteiger partial charge in [0.15, 0.2) is 0 Å². The number of aliphatic hydroxyl groups excluding tert-OH is 2. The Morgan fingerprint density at radius 3 is 1.58 bits per heavy atom. The van der Waals surface area contributed by atoms with E-state index in [1.165, 1.54) is 12.2 Å². The number of hydrogen-bond donors (Lipinski definition) is 2. The molecule has 0 aromatic heterocycles. The van der Waals surface area contributed by atoms with E-state index in [0.717, 1.165) is 0 Å². The fourth-order valence-electron chi connectivity index (χ4n) is 2.09. The molecule has 2 atom stereocenters. The van der Waals surface area contributed by atoms with Crippen molar-refractivity contribution in [2.45, 2.75) is 12.2 Å². The fraction of sp³-hybridized carbons (Fsp3) is 0.111. The normalized spacial score (nSPS) is 14.2. The first-order valence-corrected chi connectivity index (χ1v) is 8.48. The summed E-state index contributed by atoms with van der Waals surface area (Å²) < 4.78 is 22.9. The molecule has 6 heteroatoms. The highest BCUT2D eigenvalue weighted by molar-refractivity contribution is 7.34. The van der Waals surface area contributed by atoms with E-state index < -0.39 is 20.5 Å². The van der Waals surface area contributed by atoms with Crippen molar-refractivity contribution in [2.75, 3.05) is 0 Å². The SMILES string of the molecule is C=CC(O)c1ccccc1O[PH](=O)Oc1ccccc1C(O)C=C. The van der Waals surface area contributed by atoms with Crippen molar-refractivity contribution >= 4 is 8.25 Å². The second kappa shape index (κ2) is 8.50. The molecule has 2 unspecified atom stereocenters. The van der Waals surface area contributed by atoms with E-state index in [4.69, 9.17) is 9.05 Å². The van der Waals surface area contributed by atoms with Crippen LogP contribution in [0, 0.1) is 0 Å². The van der Waals surface area contributed by atoms with Gasteiger partial charge in [0.25, 0.3) is 0 Å². The lowest BCUT2D eigenvalue weighted by Crippen LogP contribution is -2.00. The lowest BCUT2D eigenvalue weighted by atomic mass is 10.1. The predicted octanol–water partition coefficient (Wildman–Crippen LogP) is 3.97. The van der Waals surface area contributed by atoms with Crippen molar-refractivity contribution in [3.8, 4) is 11.5 Å². The van der Waals surface area contributed by atoms with Crippen LogP contribution in [0.25, 0.3) is 0 Å². The van der Waals surface area contributed by atoms with E-state index in [2.05, 4.69) is 13.2 Å². The lowest BCUT2D eigenvalue weighted by molar-refractivity contribution is 0.224. The zero-order valence-corrected chi connectivity index (χ0v) is 14.0. The Balaban J connectivity index is 2.18. The molecule has 0 saturated carbocycles. The van der Waals surface area contributed by atoms with Gasteiger partial charge in [-0.1, -0.05) is 48.6 Å². The molecule has 0 radical (unpaired) electrons. The van der Waals surface area contributed by atoms with Gasteiger partial charge in [-0.05, 0) is 12.1 Å². The molecule has 0 spiro atoms. The summed E-state index contributed by atoms with van der Waals surface area (Å²) in [6.45, 7) is 7.04. The second-order valence-electron chi connectivity index (χ2n) is 4.89. The van der Waals surface area contributed by atoms with Crippen molar-refractivity contribution in [1.82, 2.24) is 0 Å². The average Bonchev–Trinajstić information content (AvgIpc) is 2.61. The highest BCUT2D eigenvalue weighted by Gasteiger charge is 2.15. The molecule has 5 nitrogen and oxygen atoms in total. The number of rotatable bonds is 8. The van der Waals surface area contributed by atoms with Crippen molar-refractivity contribution in [3.63, 3.8) is 0 Å². The van der Waals surface area contributed by atoms with Crippen molar-refractivity contribution in [1.29, 1.82) is 0 Å². The number of para-hydroxylation sites is 2. The van der Waals surface area contributed by atoms with Crippen LogP contribution in [0.5, 0.6) is 11.5 Å². The van der Waals surface area contributed by atoms with Crippen LogP contribution < -0.4 is 9.05 Å². The Bertz CT molecular complexity index is 682. The summed E-state index contributed by atoms with van der Waals surface area (Å²) in [7, 11) is -2.96. The highest BCUT2D eigenvalue weighted by Crippen LogP contribution is 2.37. The Morgan fingerprint density at radius 2 is 1.21 bits per heavy atom. The molecule has 0 fully saturated rings. The van der Waals surface area contributed by atoms with Gasteiger partial charge in [-0.15, -0.1) is 13.2 Å². The second-order valence-corrected chi connectivity index (χ2v) is 5.80. The van der Waals surface area contributed by atoms with E-state index >= 15 is 0 Å². The zero-order valence-electron chi connectivity index (χ0n) is 13.0. The van der Waals surface area contributed by atoms with Gasteiger partial charge in [-0.25, -0.2) is 4.57 Å². The average molecular weight is 346 g/mol. The van der Waals surface area contributed by atoms with E-state index in [0.29, 0.717) is 11.1 Å². The van der Waals surface area contributed by atoms with Crippen LogP contribution in [0.15, 0.2) is 73.8 Å². The quantitative estimate of drug-likeness (QED) is 0.559. The summed E-state index contributed by atoms with van der Waals surface area (Å²) in [5.74, 6) is 0.492. The van der Waals surface area contributed by atoms with Gasteiger partial charge in [0.2, 0.25) is 0 Å². The molecule has 2 N–H and O–H groups in total. The molecule has 24 heavy (non-hydrogen) atoms. The van der Waals surface area contributed by atoms with Crippen LogP contribution in [0.4, 0.5) is 0 Å². The first-order chi connectivity index (χ1) is 11.6. The Morgan fingerprint density at radius 1 is 0.833 bits per heavy atom. The summed E-state index contributed by atoms with van der Waals surface area (Å²) in [4.78, 5) is 0. The maximum absolute atomic E-state index is 12.2. The summed E-state index contributed by atoms with van der Waals surface area (Å²) in [6, 6.07) is 13.3. The summed E-state index contributed by atoms with van der Waals surface area (Å²) >= 11 is 0. The van der Waals surface area contributed by atoms with Gasteiger partial charge in [0.1, 0.15) is 23.7 Å². The van der Waals surface area contributed by atoms with E-state index in [-0.39, 0.29) is 11.5 Å². The van der Waals surface area contributed by atoms with Crippen LogP contribution in [0.2, 0.25) is 0 Å². The smallest absolute Gasteiger partial charge is 0.418 e. The van der Waals surface area contributed by atoms with Gasteiger partial charge < -0.3 is 19.3 Å². The van der Waals surface area contributed by atoms with Crippen molar-refractivity contribution < 1.29 is 23.8 Å². The molecule has 2 rings (SSSR count). The van der Waals surface area contributed by atoms with Gasteiger partial charge in [0.05, 0.1) is 0 Å². The molecule has 0 saturated heterocycles. The van der Waals surface area contributed by atoms with Crippen LogP contribution >= 0.6 is 8.25 Å². The van der Waals surface area contributed by atoms with Gasteiger partial charge in [-0.2, -0.15) is 0 Å². The largest absolute Gasteiger partial charge is 0.418 e. The Hall–Kier alpha value is -2.33. The summed E-state index contributed by atoms with van der Waals surface area (Å²) in [5, 5.41) is 19.8. The maximum atomic E-state index is 12.2. The topological polar surface area (TPSA) is 76.0 Å². The zero-order chi connectivity index (χ0) is 17.5. The van der Waals surface area contributed by atoms with E-state index in [1.54, 1.807) is 48.5 Å². The van der Waals surface area contributed by atoms with Crippen LogP contribution in [0.3, 0.4) is 0 Å². The third-order valence-electron chi connectivity index (χ3n) is 3.31. The molecule has 0 aliphatic heterocycles. The lowest BCUT2D eigenvalue weighted by Gasteiger charge is -2.16. The number of aliphatic hydroxyl groups is 2. The minimum atomic E-state index is -2.96. The molecule has 0 amide bonds. The highest BCUT2D eigenvalue weighted by atomic mass is 31.1. The minimum Gasteiger partial charge on any atom is -0.418 e. The van der Waals surface area contributed by atoms with E-state index in [1.807, 2.05) is 0 Å². The molecule has 2 aromatic carbocycles. The standard InChI is InChI=1S/C18H19O5P/c1-3-15(19)13-9-5-7-11-17(13)22-24(21)23-18-12-8-6-10-14(18)16(20)4-2/h3-12,15-16,19-20,24H,1-2H2. The van der Waals surface area contributed by atoms with Crippen LogP contribution in [0.1, 0.15) is 23.3 Å². The first kappa shape index (κ1) is 18.0. The Labute approximate surface area is 141 Å². The van der Waals surface area contributed by atoms with Gasteiger partial charge in [-0.3, -0.25) is 0 Å². The van der Waals surface area contributed by atoms with Crippen molar-refractivity contribution in [3.05, 3.63) is 85.0 Å². The molecular formula is C18H19O5P.